The molecule has 1 saturated carbocycles. The molecule has 0 radical (unpaired) electrons. The van der Waals surface area contributed by atoms with E-state index in [9.17, 15) is 9.59 Å². The zero-order valence-corrected chi connectivity index (χ0v) is 14.3. The Hall–Kier alpha value is -2.61. The minimum absolute atomic E-state index is 0.167. The second kappa shape index (κ2) is 6.72. The van der Waals surface area contributed by atoms with Gasteiger partial charge >= 0.3 is 0 Å². The van der Waals surface area contributed by atoms with Crippen molar-refractivity contribution in [2.75, 3.05) is 5.32 Å². The molecule has 25 heavy (non-hydrogen) atoms. The number of fused-ring (bicyclic) bond motifs is 1. The Morgan fingerprint density at radius 3 is 2.84 bits per heavy atom. The molecule has 1 aliphatic carbocycles. The van der Waals surface area contributed by atoms with Crippen molar-refractivity contribution in [2.45, 2.75) is 38.0 Å². The van der Waals surface area contributed by atoms with E-state index < -0.39 is 0 Å². The van der Waals surface area contributed by atoms with Crippen LogP contribution in [0.15, 0.2) is 29.6 Å². The number of carbonyl (C=O) groups is 1. The maximum atomic E-state index is 12.4. The molecule has 0 atom stereocenters. The summed E-state index contributed by atoms with van der Waals surface area (Å²) in [5.41, 5.74) is 0.324. The number of carbonyl (C=O) groups excluding carboxylic acids is 1. The van der Waals surface area contributed by atoms with Gasteiger partial charge in [0.25, 0.3) is 11.5 Å². The Kier molecular flexibility index (Phi) is 4.27. The molecular formula is C17H17N5O2S. The number of thiazole rings is 1. The fraction of sp³-hybridized carbons (Fsp3) is 0.353. The summed E-state index contributed by atoms with van der Waals surface area (Å²) in [7, 11) is 0. The predicted molar refractivity (Wildman–Crippen MR) is 96.1 cm³/mol. The first-order chi connectivity index (χ1) is 12.2. The van der Waals surface area contributed by atoms with Crippen molar-refractivity contribution < 1.29 is 4.79 Å². The van der Waals surface area contributed by atoms with E-state index in [0.29, 0.717) is 22.0 Å². The van der Waals surface area contributed by atoms with Gasteiger partial charge in [0, 0.05) is 11.1 Å². The summed E-state index contributed by atoms with van der Waals surface area (Å²) < 4.78 is 0. The van der Waals surface area contributed by atoms with Crippen LogP contribution >= 0.6 is 11.3 Å². The minimum atomic E-state index is -0.380. The van der Waals surface area contributed by atoms with E-state index in [1.807, 2.05) is 6.20 Å². The molecule has 0 bridgehead atoms. The number of anilines is 1. The number of rotatable bonds is 3. The van der Waals surface area contributed by atoms with Gasteiger partial charge in [0.1, 0.15) is 5.69 Å². The number of nitrogens with zero attached hydrogens (tertiary/aromatic N) is 3. The van der Waals surface area contributed by atoms with Gasteiger partial charge in [-0.2, -0.15) is 0 Å². The third kappa shape index (κ3) is 3.30. The van der Waals surface area contributed by atoms with E-state index in [-0.39, 0.29) is 17.2 Å². The van der Waals surface area contributed by atoms with Gasteiger partial charge in [-0.15, -0.1) is 11.3 Å². The fourth-order valence-electron chi connectivity index (χ4n) is 3.18. The van der Waals surface area contributed by atoms with Crippen LogP contribution in [0.25, 0.3) is 10.9 Å². The molecule has 0 spiro atoms. The largest absolute Gasteiger partial charge is 0.313 e. The highest BCUT2D eigenvalue weighted by atomic mass is 32.1. The van der Waals surface area contributed by atoms with Crippen LogP contribution < -0.4 is 10.9 Å². The number of aromatic amines is 1. The SMILES string of the molecule is O=C(Nc1ncc(C2CCCCC2)s1)c1cc2c(=O)[nH]cnc2cn1. The smallest absolute Gasteiger partial charge is 0.276 e. The number of H-pyrrole nitrogens is 1. The van der Waals surface area contributed by atoms with E-state index in [0.717, 1.165) is 0 Å². The van der Waals surface area contributed by atoms with E-state index in [4.69, 9.17) is 0 Å². The van der Waals surface area contributed by atoms with Crippen LogP contribution in [0.2, 0.25) is 0 Å². The van der Waals surface area contributed by atoms with Crippen LogP contribution in [0, 0.1) is 0 Å². The monoisotopic (exact) mass is 355 g/mol. The summed E-state index contributed by atoms with van der Waals surface area (Å²) in [6.07, 6.45) is 10.8. The third-order valence-corrected chi connectivity index (χ3v) is 5.59. The Bertz CT molecular complexity index is 974. The van der Waals surface area contributed by atoms with Gasteiger partial charge in [-0.25, -0.2) is 15.0 Å². The standard InChI is InChI=1S/C17H17N5O2S/c23-15-11-6-12(18-7-13(11)20-9-21-15)16(24)22-17-19-8-14(25-17)10-4-2-1-3-5-10/h6-10H,1-5H2,(H,19,22,24)(H,20,21,23). The molecule has 128 valence electrons. The number of pyridine rings is 1. The Morgan fingerprint density at radius 1 is 1.16 bits per heavy atom. The summed E-state index contributed by atoms with van der Waals surface area (Å²) in [4.78, 5) is 40.4. The number of aromatic nitrogens is 4. The molecule has 3 heterocycles. The Morgan fingerprint density at radius 2 is 2.00 bits per heavy atom. The molecule has 0 saturated heterocycles. The highest BCUT2D eigenvalue weighted by Crippen LogP contribution is 2.36. The fourth-order valence-corrected chi connectivity index (χ4v) is 4.16. The maximum absolute atomic E-state index is 12.4. The second-order valence-corrected chi connectivity index (χ2v) is 7.24. The topological polar surface area (TPSA) is 101 Å². The lowest BCUT2D eigenvalue weighted by atomic mass is 9.89. The number of amides is 1. The quantitative estimate of drug-likeness (QED) is 0.752. The summed E-state index contributed by atoms with van der Waals surface area (Å²) in [5.74, 6) is 0.176. The highest BCUT2D eigenvalue weighted by Gasteiger charge is 2.19. The van der Waals surface area contributed by atoms with Crippen molar-refractivity contribution in [2.24, 2.45) is 0 Å². The maximum Gasteiger partial charge on any atom is 0.276 e. The Labute approximate surface area is 147 Å². The lowest BCUT2D eigenvalue weighted by molar-refractivity contribution is 0.102. The third-order valence-electron chi connectivity index (χ3n) is 4.51. The summed E-state index contributed by atoms with van der Waals surface area (Å²) in [5, 5.41) is 3.68. The molecule has 3 aromatic rings. The van der Waals surface area contributed by atoms with Crippen LogP contribution in [-0.2, 0) is 0 Å². The molecule has 0 aromatic carbocycles. The van der Waals surface area contributed by atoms with Gasteiger partial charge in [0.05, 0.1) is 23.4 Å². The van der Waals surface area contributed by atoms with Crippen molar-refractivity contribution >= 4 is 33.3 Å². The lowest BCUT2D eigenvalue weighted by Gasteiger charge is -2.19. The lowest BCUT2D eigenvalue weighted by Crippen LogP contribution is -2.15. The van der Waals surface area contributed by atoms with Crippen molar-refractivity contribution in [3.05, 3.63) is 45.7 Å². The normalized spacial score (nSPS) is 15.4. The number of hydrogen-bond donors (Lipinski definition) is 2. The van der Waals surface area contributed by atoms with Crippen LogP contribution in [0.5, 0.6) is 0 Å². The number of nitrogens with one attached hydrogen (secondary N) is 2. The Balaban J connectivity index is 1.53. The van der Waals surface area contributed by atoms with E-state index >= 15 is 0 Å². The van der Waals surface area contributed by atoms with Crippen LogP contribution in [0.4, 0.5) is 5.13 Å². The average Bonchev–Trinajstić information content (AvgIpc) is 3.11. The van der Waals surface area contributed by atoms with Gasteiger partial charge < -0.3 is 4.98 Å². The minimum Gasteiger partial charge on any atom is -0.313 e. The van der Waals surface area contributed by atoms with Gasteiger partial charge in [-0.1, -0.05) is 19.3 Å². The zero-order chi connectivity index (χ0) is 17.2. The molecule has 0 aliphatic heterocycles. The van der Waals surface area contributed by atoms with Crippen molar-refractivity contribution in [3.63, 3.8) is 0 Å². The molecule has 1 amide bonds. The molecule has 1 aliphatic rings. The summed E-state index contributed by atoms with van der Waals surface area (Å²) in [6.45, 7) is 0. The predicted octanol–water partition coefficient (Wildman–Crippen LogP) is 3.07. The van der Waals surface area contributed by atoms with Crippen molar-refractivity contribution in [1.29, 1.82) is 0 Å². The van der Waals surface area contributed by atoms with Crippen LogP contribution in [0.1, 0.15) is 53.4 Å². The molecule has 8 heteroatoms. The molecule has 2 N–H and O–H groups in total. The van der Waals surface area contributed by atoms with Gasteiger partial charge in [0.2, 0.25) is 0 Å². The van der Waals surface area contributed by atoms with Crippen LogP contribution in [-0.4, -0.2) is 25.8 Å². The number of hydrogen-bond acceptors (Lipinski definition) is 6. The zero-order valence-electron chi connectivity index (χ0n) is 13.5. The highest BCUT2D eigenvalue weighted by molar-refractivity contribution is 7.15. The van der Waals surface area contributed by atoms with E-state index in [2.05, 4.69) is 25.3 Å². The summed E-state index contributed by atoms with van der Waals surface area (Å²) in [6, 6.07) is 1.45. The van der Waals surface area contributed by atoms with E-state index in [1.165, 1.54) is 66.9 Å². The van der Waals surface area contributed by atoms with Gasteiger partial charge in [-0.05, 0) is 24.8 Å². The molecule has 3 aromatic heterocycles. The molecule has 4 rings (SSSR count). The van der Waals surface area contributed by atoms with E-state index in [1.54, 1.807) is 0 Å². The summed E-state index contributed by atoms with van der Waals surface area (Å²) >= 11 is 1.52. The molecule has 0 unspecified atom stereocenters. The molecular weight excluding hydrogens is 338 g/mol. The van der Waals surface area contributed by atoms with Gasteiger partial charge in [-0.3, -0.25) is 14.9 Å². The van der Waals surface area contributed by atoms with Crippen molar-refractivity contribution in [1.82, 2.24) is 19.9 Å². The average molecular weight is 355 g/mol. The first-order valence-electron chi connectivity index (χ1n) is 8.31. The second-order valence-electron chi connectivity index (χ2n) is 6.18. The van der Waals surface area contributed by atoms with Crippen molar-refractivity contribution in [3.8, 4) is 0 Å². The van der Waals surface area contributed by atoms with Gasteiger partial charge in [0.15, 0.2) is 5.13 Å². The molecule has 7 nitrogen and oxygen atoms in total. The van der Waals surface area contributed by atoms with Crippen LogP contribution in [0.3, 0.4) is 0 Å². The first-order valence-corrected chi connectivity index (χ1v) is 9.13. The molecule has 1 fully saturated rings. The first kappa shape index (κ1) is 15.9.